The summed E-state index contributed by atoms with van der Waals surface area (Å²) >= 11 is 0. The molecule has 3 atom stereocenters. The molecule has 1 saturated heterocycles. The lowest BCUT2D eigenvalue weighted by Crippen LogP contribution is -2.54. The Balaban J connectivity index is 2.73. The SMILES string of the molecule is NC(N)=NCCCC(NC(=O)C(CCC(=O)O)NC(=O)C1CCC(=O)N1)C(=O)O. The first kappa shape index (κ1) is 23.7. The van der Waals surface area contributed by atoms with Crippen LogP contribution in [0.2, 0.25) is 0 Å². The molecule has 0 bridgehead atoms. The summed E-state index contributed by atoms with van der Waals surface area (Å²) < 4.78 is 0. The zero-order valence-electron chi connectivity index (χ0n) is 15.7. The number of carboxylic acid groups (broad SMARTS) is 2. The van der Waals surface area contributed by atoms with Gasteiger partial charge in [-0.15, -0.1) is 0 Å². The van der Waals surface area contributed by atoms with Crippen molar-refractivity contribution in [1.82, 2.24) is 16.0 Å². The highest BCUT2D eigenvalue weighted by Crippen LogP contribution is 2.08. The molecule has 0 aromatic carbocycles. The Kier molecular flexibility index (Phi) is 9.35. The Bertz CT molecular complexity index is 677. The van der Waals surface area contributed by atoms with Crippen LogP contribution in [0.1, 0.15) is 38.5 Å². The van der Waals surface area contributed by atoms with Crippen LogP contribution in [0.15, 0.2) is 4.99 Å². The highest BCUT2D eigenvalue weighted by Gasteiger charge is 2.32. The molecule has 3 amide bonds. The molecule has 3 unspecified atom stereocenters. The van der Waals surface area contributed by atoms with Gasteiger partial charge in [0, 0.05) is 19.4 Å². The first-order chi connectivity index (χ1) is 13.6. The molecular formula is C16H26N6O7. The third-order valence-electron chi connectivity index (χ3n) is 4.15. The number of carbonyl (C=O) groups is 5. The van der Waals surface area contributed by atoms with Gasteiger partial charge in [-0.25, -0.2) is 4.79 Å². The molecule has 0 spiro atoms. The van der Waals surface area contributed by atoms with Crippen LogP contribution in [0.25, 0.3) is 0 Å². The van der Waals surface area contributed by atoms with Gasteiger partial charge in [0.1, 0.15) is 18.1 Å². The Morgan fingerprint density at radius 1 is 1.14 bits per heavy atom. The van der Waals surface area contributed by atoms with Gasteiger partial charge < -0.3 is 37.6 Å². The minimum absolute atomic E-state index is 0.0239. The maximum Gasteiger partial charge on any atom is 0.326 e. The maximum atomic E-state index is 12.5. The number of hydrogen-bond acceptors (Lipinski definition) is 6. The molecule has 1 aliphatic heterocycles. The summed E-state index contributed by atoms with van der Waals surface area (Å²) in [6.45, 7) is 0.169. The number of guanidine groups is 1. The van der Waals surface area contributed by atoms with Crippen molar-refractivity contribution in [3.63, 3.8) is 0 Å². The smallest absolute Gasteiger partial charge is 0.326 e. The lowest BCUT2D eigenvalue weighted by Gasteiger charge is -2.22. The van der Waals surface area contributed by atoms with E-state index in [9.17, 15) is 29.1 Å². The van der Waals surface area contributed by atoms with E-state index in [1.165, 1.54) is 0 Å². The summed E-state index contributed by atoms with van der Waals surface area (Å²) in [6.07, 6.45) is 0.0541. The lowest BCUT2D eigenvalue weighted by molar-refractivity contribution is -0.143. The van der Waals surface area contributed by atoms with E-state index in [4.69, 9.17) is 16.6 Å². The molecule has 9 N–H and O–H groups in total. The zero-order valence-corrected chi connectivity index (χ0v) is 15.7. The standard InChI is InChI=1S/C16H26N6O7/c17-16(18)19-7-1-2-10(15(28)29)22-14(27)9(4-6-12(24)25)21-13(26)8-3-5-11(23)20-8/h8-10H,1-7H2,(H,20,23)(H,21,26)(H,22,27)(H,24,25)(H,28,29)(H4,17,18,19). The summed E-state index contributed by atoms with van der Waals surface area (Å²) in [5.41, 5.74) is 10.4. The van der Waals surface area contributed by atoms with Crippen LogP contribution in [0.3, 0.4) is 0 Å². The summed E-state index contributed by atoms with van der Waals surface area (Å²) in [7, 11) is 0. The predicted octanol–water partition coefficient (Wildman–Crippen LogP) is -2.76. The van der Waals surface area contributed by atoms with Crippen LogP contribution in [0, 0.1) is 0 Å². The van der Waals surface area contributed by atoms with Gasteiger partial charge in [-0.2, -0.15) is 0 Å². The van der Waals surface area contributed by atoms with Gasteiger partial charge in [0.25, 0.3) is 0 Å². The van der Waals surface area contributed by atoms with E-state index in [1.807, 2.05) is 0 Å². The Labute approximate surface area is 166 Å². The number of nitrogens with one attached hydrogen (secondary N) is 3. The van der Waals surface area contributed by atoms with Crippen LogP contribution in [0.4, 0.5) is 0 Å². The number of carbonyl (C=O) groups excluding carboxylic acids is 3. The summed E-state index contributed by atoms with van der Waals surface area (Å²) in [6, 6.07) is -3.36. The van der Waals surface area contributed by atoms with Crippen LogP contribution in [-0.2, 0) is 24.0 Å². The van der Waals surface area contributed by atoms with Crippen molar-refractivity contribution in [2.24, 2.45) is 16.5 Å². The first-order valence-electron chi connectivity index (χ1n) is 9.00. The number of carboxylic acids is 2. The normalized spacial score (nSPS) is 17.5. The number of amides is 3. The molecule has 0 aromatic rings. The van der Waals surface area contributed by atoms with E-state index in [1.54, 1.807) is 0 Å². The number of rotatable bonds is 12. The van der Waals surface area contributed by atoms with Crippen molar-refractivity contribution >= 4 is 35.6 Å². The van der Waals surface area contributed by atoms with Gasteiger partial charge in [-0.1, -0.05) is 0 Å². The van der Waals surface area contributed by atoms with Gasteiger partial charge >= 0.3 is 11.9 Å². The average molecular weight is 414 g/mol. The van der Waals surface area contributed by atoms with E-state index in [0.29, 0.717) is 0 Å². The van der Waals surface area contributed by atoms with Gasteiger partial charge in [0.15, 0.2) is 5.96 Å². The van der Waals surface area contributed by atoms with E-state index < -0.39 is 48.3 Å². The monoisotopic (exact) mass is 414 g/mol. The number of hydrogen-bond donors (Lipinski definition) is 7. The maximum absolute atomic E-state index is 12.5. The molecule has 162 valence electrons. The molecule has 1 aliphatic rings. The minimum Gasteiger partial charge on any atom is -0.481 e. The van der Waals surface area contributed by atoms with E-state index in [-0.39, 0.29) is 50.5 Å². The molecule has 29 heavy (non-hydrogen) atoms. The molecule has 13 heteroatoms. The fourth-order valence-electron chi connectivity index (χ4n) is 2.65. The number of nitrogens with zero attached hydrogens (tertiary/aromatic N) is 1. The van der Waals surface area contributed by atoms with Crippen LogP contribution >= 0.6 is 0 Å². The van der Waals surface area contributed by atoms with Crippen LogP contribution in [-0.4, -0.2) is 70.5 Å². The predicted molar refractivity (Wildman–Crippen MR) is 99.4 cm³/mol. The van der Waals surface area contributed by atoms with E-state index in [0.717, 1.165) is 0 Å². The van der Waals surface area contributed by atoms with Crippen molar-refractivity contribution in [3.05, 3.63) is 0 Å². The second kappa shape index (κ2) is 11.5. The summed E-state index contributed by atoms with van der Waals surface area (Å²) in [5.74, 6) is -4.40. The molecule has 0 radical (unpaired) electrons. The third kappa shape index (κ3) is 8.90. The quantitative estimate of drug-likeness (QED) is 0.0995. The van der Waals surface area contributed by atoms with Crippen molar-refractivity contribution < 1.29 is 34.2 Å². The summed E-state index contributed by atoms with van der Waals surface area (Å²) in [5, 5.41) is 25.3. The van der Waals surface area contributed by atoms with Gasteiger partial charge in [0.05, 0.1) is 0 Å². The molecular weight excluding hydrogens is 388 g/mol. The van der Waals surface area contributed by atoms with Crippen molar-refractivity contribution in [2.45, 2.75) is 56.7 Å². The molecule has 0 aliphatic carbocycles. The highest BCUT2D eigenvalue weighted by atomic mass is 16.4. The fraction of sp³-hybridized carbons (Fsp3) is 0.625. The molecule has 0 saturated carbocycles. The number of nitrogens with two attached hydrogens (primary N) is 2. The molecule has 13 nitrogen and oxygen atoms in total. The van der Waals surface area contributed by atoms with Crippen molar-refractivity contribution in [3.8, 4) is 0 Å². The number of aliphatic imine (C=N–C) groups is 1. The highest BCUT2D eigenvalue weighted by molar-refractivity contribution is 5.95. The Morgan fingerprint density at radius 2 is 1.83 bits per heavy atom. The minimum atomic E-state index is -1.30. The molecule has 0 aromatic heterocycles. The molecule has 1 heterocycles. The topological polar surface area (TPSA) is 226 Å². The second-order valence-electron chi connectivity index (χ2n) is 6.50. The van der Waals surface area contributed by atoms with Crippen LogP contribution in [0.5, 0.6) is 0 Å². The van der Waals surface area contributed by atoms with Crippen LogP contribution < -0.4 is 27.4 Å². The Morgan fingerprint density at radius 3 is 2.34 bits per heavy atom. The Hall–Kier alpha value is -3.38. The first-order valence-corrected chi connectivity index (χ1v) is 9.00. The fourth-order valence-corrected chi connectivity index (χ4v) is 2.65. The average Bonchev–Trinajstić information content (AvgIpc) is 3.06. The second-order valence-corrected chi connectivity index (χ2v) is 6.50. The largest absolute Gasteiger partial charge is 0.481 e. The number of aliphatic carboxylic acids is 2. The molecule has 1 rings (SSSR count). The summed E-state index contributed by atoms with van der Waals surface area (Å²) in [4.78, 5) is 61.9. The third-order valence-corrected chi connectivity index (χ3v) is 4.15. The van der Waals surface area contributed by atoms with Gasteiger partial charge in [-0.3, -0.25) is 24.2 Å². The lowest BCUT2D eigenvalue weighted by atomic mass is 10.1. The molecule has 1 fully saturated rings. The van der Waals surface area contributed by atoms with E-state index >= 15 is 0 Å². The van der Waals surface area contributed by atoms with Crippen molar-refractivity contribution in [2.75, 3.05) is 6.54 Å². The van der Waals surface area contributed by atoms with E-state index in [2.05, 4.69) is 20.9 Å². The van der Waals surface area contributed by atoms with Gasteiger partial charge in [0.2, 0.25) is 17.7 Å². The van der Waals surface area contributed by atoms with Crippen molar-refractivity contribution in [1.29, 1.82) is 0 Å². The zero-order chi connectivity index (χ0) is 22.0. The van der Waals surface area contributed by atoms with Gasteiger partial charge in [-0.05, 0) is 25.7 Å².